The van der Waals surface area contributed by atoms with Gasteiger partial charge in [0.05, 0.1) is 43.5 Å². The van der Waals surface area contributed by atoms with Crippen LogP contribution in [0.1, 0.15) is 144 Å². The van der Waals surface area contributed by atoms with Crippen LogP contribution in [0.15, 0.2) is 60.2 Å². The molecule has 4 fully saturated rings. The first-order chi connectivity index (χ1) is 40.3. The van der Waals surface area contributed by atoms with Gasteiger partial charge >= 0.3 is 24.1 Å². The number of esters is 2. The Kier molecular flexibility index (Phi) is 27.1. The molecule has 3 saturated heterocycles. The number of urea groups is 1. The Bertz CT molecular complexity index is 2620. The molecule has 85 heavy (non-hydrogen) atoms. The van der Waals surface area contributed by atoms with Crippen LogP contribution < -0.4 is 32.3 Å². The molecule has 1 spiro atoms. The van der Waals surface area contributed by atoms with Crippen molar-refractivity contribution in [3.63, 3.8) is 0 Å². The van der Waals surface area contributed by atoms with Crippen molar-refractivity contribution in [3.8, 4) is 0 Å². The zero-order chi connectivity index (χ0) is 62.4. The molecule has 1 aromatic rings. The number of ether oxygens (including phenoxy) is 6. The number of benzene rings is 1. The number of amides is 6. The van der Waals surface area contributed by atoms with Crippen molar-refractivity contribution in [1.29, 1.82) is 0 Å². The number of alkyl carbamates (subject to hydrolysis) is 1. The van der Waals surface area contributed by atoms with Crippen LogP contribution in [0.25, 0.3) is 0 Å². The van der Waals surface area contributed by atoms with Crippen LogP contribution in [0.3, 0.4) is 0 Å². The third kappa shape index (κ3) is 23.3. The van der Waals surface area contributed by atoms with Gasteiger partial charge in [-0.25, -0.2) is 9.59 Å². The number of allylic oxidation sites excluding steroid dienone is 2. The Balaban J connectivity index is 1.03. The number of unbranched alkanes of at least 4 members (excludes halogenated alkanes) is 2. The number of carbonyl (C=O) groups is 11. The summed E-state index contributed by atoms with van der Waals surface area (Å²) in [5.41, 5.74) is 6.22. The molecule has 1 saturated carbocycles. The van der Waals surface area contributed by atoms with Gasteiger partial charge in [0.25, 0.3) is 0 Å². The number of aliphatic hydroxyl groups excluding tert-OH is 1. The molecule has 5 rings (SSSR count). The second kappa shape index (κ2) is 33.5. The highest BCUT2D eigenvalue weighted by atomic mass is 16.6. The van der Waals surface area contributed by atoms with Gasteiger partial charge in [-0.15, -0.1) is 0 Å². The van der Waals surface area contributed by atoms with E-state index < -0.39 is 89.6 Å². The molecule has 24 nitrogen and oxygen atoms in total. The molecule has 0 aromatic heterocycles. The number of rotatable bonds is 32. The number of ketones is 4. The minimum Gasteiger partial charge on any atom is -0.459 e. The van der Waals surface area contributed by atoms with Gasteiger partial charge in [0.1, 0.15) is 30.5 Å². The molecule has 3 aliphatic heterocycles. The van der Waals surface area contributed by atoms with Crippen LogP contribution in [0.4, 0.5) is 15.3 Å². The fourth-order valence-electron chi connectivity index (χ4n) is 10.4. The summed E-state index contributed by atoms with van der Waals surface area (Å²) in [6.07, 6.45) is 6.40. The summed E-state index contributed by atoms with van der Waals surface area (Å²) >= 11 is 0. The molecule has 0 unspecified atom stereocenters. The van der Waals surface area contributed by atoms with Crippen molar-refractivity contribution >= 4 is 70.6 Å². The van der Waals surface area contributed by atoms with Crippen LogP contribution in [-0.4, -0.2) is 150 Å². The summed E-state index contributed by atoms with van der Waals surface area (Å²) in [6.45, 7) is 12.4. The molecule has 1 aromatic carbocycles. The monoisotopic (exact) mass is 1190 g/mol. The highest BCUT2D eigenvalue weighted by Crippen LogP contribution is 2.43. The zero-order valence-electron chi connectivity index (χ0n) is 49.8. The number of hydrogen-bond acceptors (Lipinski definition) is 18. The SMILES string of the molecule is CC(=O)O[C@@H](C)/C=C\C(=O)N[C@@H]1C[C@H](C)[C@H](C/C=C(C)/C=C/[C@H]2O[C@H](CC(=O)CNC(=O)OCc3ccc(NC(=O)[C@H](CCCNC(N)=O)CC(=O)[C@@H](NC(=O)CCCCCC(=O)OC4C(=O)CCC4=O)C(C)C)cc3)C[C@@]3(CO3)[C@@H]2O)O[C@@H]1C. The Morgan fingerprint density at radius 1 is 0.894 bits per heavy atom. The van der Waals surface area contributed by atoms with Crippen molar-refractivity contribution in [2.45, 2.75) is 205 Å². The third-order valence-corrected chi connectivity index (χ3v) is 15.3. The number of nitrogens with one attached hydrogen (secondary N) is 5. The van der Waals surface area contributed by atoms with Gasteiger partial charge in [-0.3, -0.25) is 43.2 Å². The first-order valence-corrected chi connectivity index (χ1v) is 29.4. The second-order valence-electron chi connectivity index (χ2n) is 23.0. The fraction of sp³-hybridized carbons (Fsp3) is 0.623. The number of anilines is 1. The smallest absolute Gasteiger partial charge is 0.407 e. The first kappa shape index (κ1) is 68.6. The van der Waals surface area contributed by atoms with Crippen LogP contribution in [0.2, 0.25) is 0 Å². The molecule has 1 aliphatic carbocycles. The molecule has 0 radical (unpaired) electrons. The lowest BCUT2D eigenvalue weighted by Crippen LogP contribution is -2.50. The normalized spacial score (nSPS) is 24.3. The molecule has 11 atom stereocenters. The van der Waals surface area contributed by atoms with Crippen molar-refractivity contribution in [2.24, 2.45) is 23.5 Å². The molecule has 24 heteroatoms. The Labute approximate surface area is 496 Å². The van der Waals surface area contributed by atoms with E-state index in [9.17, 15) is 57.8 Å². The van der Waals surface area contributed by atoms with E-state index in [-0.39, 0.29) is 125 Å². The number of epoxide rings is 1. The van der Waals surface area contributed by atoms with E-state index in [1.165, 1.54) is 19.1 Å². The highest BCUT2D eigenvalue weighted by Gasteiger charge is 2.58. The lowest BCUT2D eigenvalue weighted by molar-refractivity contribution is -0.157. The largest absolute Gasteiger partial charge is 0.459 e. The summed E-state index contributed by atoms with van der Waals surface area (Å²) in [4.78, 5) is 137. The van der Waals surface area contributed by atoms with E-state index in [4.69, 9.17) is 34.2 Å². The van der Waals surface area contributed by atoms with Crippen LogP contribution >= 0.6 is 0 Å². The number of aliphatic hydroxyl groups is 1. The molecule has 8 N–H and O–H groups in total. The van der Waals surface area contributed by atoms with E-state index in [1.54, 1.807) is 51.1 Å². The Morgan fingerprint density at radius 3 is 2.25 bits per heavy atom. The number of nitrogens with two attached hydrogens (primary N) is 1. The number of Topliss-reactive ketones (excluding diaryl/α,β-unsaturated/α-hetero) is 4. The maximum absolute atomic E-state index is 13.7. The van der Waals surface area contributed by atoms with E-state index in [0.717, 1.165) is 5.57 Å². The summed E-state index contributed by atoms with van der Waals surface area (Å²) in [7, 11) is 0. The average Bonchev–Trinajstić information content (AvgIpc) is 2.26. The molecular weight excluding hydrogens is 1100 g/mol. The molecular formula is C61H86N6O18. The van der Waals surface area contributed by atoms with E-state index >= 15 is 0 Å². The Morgan fingerprint density at radius 2 is 1.59 bits per heavy atom. The topological polar surface area (TPSA) is 353 Å². The van der Waals surface area contributed by atoms with Gasteiger partial charge in [-0.2, -0.15) is 0 Å². The first-order valence-electron chi connectivity index (χ1n) is 29.4. The summed E-state index contributed by atoms with van der Waals surface area (Å²) in [5, 5.41) is 24.7. The quantitative estimate of drug-likeness (QED) is 0.00973. The van der Waals surface area contributed by atoms with Crippen molar-refractivity contribution in [2.75, 3.05) is 25.0 Å². The number of primary amides is 1. The van der Waals surface area contributed by atoms with Gasteiger partial charge < -0.3 is 65.8 Å². The van der Waals surface area contributed by atoms with Gasteiger partial charge in [0.15, 0.2) is 23.1 Å². The predicted octanol–water partition coefficient (Wildman–Crippen LogP) is 4.76. The lowest BCUT2D eigenvalue weighted by Gasteiger charge is -2.39. The summed E-state index contributed by atoms with van der Waals surface area (Å²) in [6, 6.07) is 4.58. The van der Waals surface area contributed by atoms with E-state index in [0.29, 0.717) is 56.4 Å². The third-order valence-electron chi connectivity index (χ3n) is 15.3. The maximum Gasteiger partial charge on any atom is 0.407 e. The maximum atomic E-state index is 13.7. The van der Waals surface area contributed by atoms with Gasteiger partial charge in [0, 0.05) is 76.1 Å². The number of carbonyl (C=O) groups excluding carboxylic acids is 11. The van der Waals surface area contributed by atoms with Crippen molar-refractivity contribution in [3.05, 3.63) is 65.8 Å². The standard InChI is InChI=1S/C61H86N6O18/c1-35(2)55(67-52(73)13-9-8-10-14-54(75)85-56-47(70)22-23-48(56)71)49(72)29-42(12-11-27-63-59(62)78)58(77)65-43-20-18-41(19-21-43)33-80-60(79)64-32-44(69)30-45-31-61(34-81-61)57(76)51(84-45)25-16-36(3)15-24-50-37(4)28-46(39(6)83-50)66-53(74)26-17-38(5)82-40(7)68/h15-21,25-26,35,37-39,42,45-46,50-51,55-57,76H,8-14,22-24,27-34H2,1-7H3,(H,64,79)(H,65,77)(H,66,74)(H,67,73)(H3,62,63,78)/b25-16+,26-17-,36-15+/t37-,38-,39+,42+,45+,46+,50-,51+,55-,57+,61+/m0/s1. The lowest BCUT2D eigenvalue weighted by atomic mass is 9.87. The minimum absolute atomic E-state index is 0.0183. The summed E-state index contributed by atoms with van der Waals surface area (Å²) < 4.78 is 33.6. The van der Waals surface area contributed by atoms with Crippen molar-refractivity contribution in [1.82, 2.24) is 21.3 Å². The average molecular weight is 1190 g/mol. The number of hydrogen-bond donors (Lipinski definition) is 7. The van der Waals surface area contributed by atoms with Gasteiger partial charge in [-0.05, 0) is 94.9 Å². The van der Waals surface area contributed by atoms with E-state index in [1.807, 2.05) is 26.0 Å². The molecule has 3 heterocycles. The van der Waals surface area contributed by atoms with E-state index in [2.05, 4.69) is 33.5 Å². The molecule has 6 amide bonds. The van der Waals surface area contributed by atoms with Gasteiger partial charge in [-0.1, -0.05) is 63.1 Å². The van der Waals surface area contributed by atoms with Crippen LogP contribution in [-0.2, 0) is 78.2 Å². The highest BCUT2D eigenvalue weighted by molar-refractivity contribution is 6.12. The second-order valence-corrected chi connectivity index (χ2v) is 23.0. The molecule has 0 bridgehead atoms. The predicted molar refractivity (Wildman–Crippen MR) is 308 cm³/mol. The minimum atomic E-state index is -1.32. The van der Waals surface area contributed by atoms with Crippen LogP contribution in [0.5, 0.6) is 0 Å². The molecule has 4 aliphatic rings. The fourth-order valence-corrected chi connectivity index (χ4v) is 10.4. The van der Waals surface area contributed by atoms with Gasteiger partial charge in [0.2, 0.25) is 23.8 Å². The molecule has 468 valence electrons. The summed E-state index contributed by atoms with van der Waals surface area (Å²) in [5.74, 6) is -4.81. The Hall–Kier alpha value is -7.15. The van der Waals surface area contributed by atoms with Crippen LogP contribution in [0, 0.1) is 17.8 Å². The zero-order valence-corrected chi connectivity index (χ0v) is 49.8. The van der Waals surface area contributed by atoms with Crippen molar-refractivity contribution < 1.29 is 86.3 Å².